The molecular weight excluding hydrogens is 178 g/mol. The number of hydrogen-bond donors (Lipinski definition) is 1. The molecule has 4 heteroatoms. The largest absolute Gasteiger partial charge is 0.396 e. The van der Waals surface area contributed by atoms with E-state index in [-0.39, 0.29) is 12.6 Å². The lowest BCUT2D eigenvalue weighted by molar-refractivity contribution is 0.280. The van der Waals surface area contributed by atoms with E-state index >= 15 is 0 Å². The van der Waals surface area contributed by atoms with Crippen LogP contribution in [0.25, 0.3) is 10.4 Å². The highest BCUT2D eigenvalue weighted by Crippen LogP contribution is 2.22. The van der Waals surface area contributed by atoms with Gasteiger partial charge in [-0.3, -0.25) is 0 Å². The van der Waals surface area contributed by atoms with Crippen LogP contribution in [0.2, 0.25) is 0 Å². The van der Waals surface area contributed by atoms with Crippen LogP contribution in [0.3, 0.4) is 0 Å². The summed E-state index contributed by atoms with van der Waals surface area (Å²) in [5.74, 6) is 0. The standard InChI is InChI=1S/C10H13N3O/c11-13-12-10(7-4-8-14)9-5-2-1-3-6-9/h1-3,5-6,10,14H,4,7-8H2. The van der Waals surface area contributed by atoms with E-state index in [1.165, 1.54) is 0 Å². The number of hydrogen-bond acceptors (Lipinski definition) is 2. The van der Waals surface area contributed by atoms with Crippen LogP contribution in [0, 0.1) is 0 Å². The topological polar surface area (TPSA) is 69.0 Å². The van der Waals surface area contributed by atoms with Gasteiger partial charge >= 0.3 is 0 Å². The first-order chi connectivity index (χ1) is 6.88. The van der Waals surface area contributed by atoms with E-state index < -0.39 is 0 Å². The maximum Gasteiger partial charge on any atom is 0.0626 e. The van der Waals surface area contributed by atoms with E-state index in [4.69, 9.17) is 10.6 Å². The minimum atomic E-state index is -0.159. The van der Waals surface area contributed by atoms with Crippen molar-refractivity contribution in [3.63, 3.8) is 0 Å². The molecule has 0 aliphatic carbocycles. The lowest BCUT2D eigenvalue weighted by atomic mass is 10.0. The number of aliphatic hydroxyl groups is 1. The van der Waals surface area contributed by atoms with E-state index in [0.29, 0.717) is 12.8 Å². The van der Waals surface area contributed by atoms with Gasteiger partial charge < -0.3 is 5.11 Å². The van der Waals surface area contributed by atoms with Gasteiger partial charge in [-0.05, 0) is 23.9 Å². The highest BCUT2D eigenvalue weighted by Gasteiger charge is 2.07. The van der Waals surface area contributed by atoms with E-state index in [2.05, 4.69) is 10.0 Å². The summed E-state index contributed by atoms with van der Waals surface area (Å²) in [6, 6.07) is 9.44. The molecule has 0 fully saturated rings. The molecule has 1 aromatic carbocycles. The fourth-order valence-electron chi connectivity index (χ4n) is 1.31. The third kappa shape index (κ3) is 3.09. The molecule has 1 N–H and O–H groups in total. The Balaban J connectivity index is 2.72. The second-order valence-electron chi connectivity index (χ2n) is 3.00. The van der Waals surface area contributed by atoms with E-state index in [1.807, 2.05) is 30.3 Å². The van der Waals surface area contributed by atoms with Crippen LogP contribution in [-0.2, 0) is 0 Å². The van der Waals surface area contributed by atoms with E-state index in [1.54, 1.807) is 0 Å². The molecule has 14 heavy (non-hydrogen) atoms. The number of rotatable bonds is 5. The van der Waals surface area contributed by atoms with Crippen molar-refractivity contribution in [2.24, 2.45) is 5.11 Å². The first-order valence-electron chi connectivity index (χ1n) is 4.58. The molecule has 0 heterocycles. The molecule has 0 saturated heterocycles. The Morgan fingerprint density at radius 1 is 1.36 bits per heavy atom. The fraction of sp³-hybridized carbons (Fsp3) is 0.400. The quantitative estimate of drug-likeness (QED) is 0.434. The number of nitrogens with zero attached hydrogens (tertiary/aromatic N) is 3. The second-order valence-corrected chi connectivity index (χ2v) is 3.00. The van der Waals surface area contributed by atoms with Crippen molar-refractivity contribution >= 4 is 0 Å². The van der Waals surface area contributed by atoms with Crippen molar-refractivity contribution in [1.29, 1.82) is 0 Å². The molecule has 74 valence electrons. The normalized spacial score (nSPS) is 11.8. The molecule has 0 saturated carbocycles. The van der Waals surface area contributed by atoms with Gasteiger partial charge in [-0.1, -0.05) is 35.4 Å². The lowest BCUT2D eigenvalue weighted by Crippen LogP contribution is -1.96. The van der Waals surface area contributed by atoms with E-state index in [0.717, 1.165) is 5.56 Å². The Morgan fingerprint density at radius 2 is 2.07 bits per heavy atom. The molecular formula is C10H13N3O. The van der Waals surface area contributed by atoms with E-state index in [9.17, 15) is 0 Å². The van der Waals surface area contributed by atoms with Crippen molar-refractivity contribution in [3.05, 3.63) is 46.3 Å². The number of benzene rings is 1. The summed E-state index contributed by atoms with van der Waals surface area (Å²) in [6.07, 6.45) is 1.34. The fourth-order valence-corrected chi connectivity index (χ4v) is 1.31. The summed E-state index contributed by atoms with van der Waals surface area (Å²) in [5.41, 5.74) is 9.39. The molecule has 0 aliphatic rings. The Morgan fingerprint density at radius 3 is 2.64 bits per heavy atom. The van der Waals surface area contributed by atoms with Crippen LogP contribution in [0.15, 0.2) is 35.4 Å². The molecule has 0 aliphatic heterocycles. The van der Waals surface area contributed by atoms with Gasteiger partial charge in [0.25, 0.3) is 0 Å². The van der Waals surface area contributed by atoms with Crippen molar-refractivity contribution < 1.29 is 5.11 Å². The third-order valence-corrected chi connectivity index (χ3v) is 2.01. The molecule has 0 amide bonds. The van der Waals surface area contributed by atoms with Gasteiger partial charge in [0.1, 0.15) is 0 Å². The molecule has 0 aromatic heterocycles. The summed E-state index contributed by atoms with van der Waals surface area (Å²) in [6.45, 7) is 0.129. The summed E-state index contributed by atoms with van der Waals surface area (Å²) in [4.78, 5) is 2.81. The minimum Gasteiger partial charge on any atom is -0.396 e. The van der Waals surface area contributed by atoms with Gasteiger partial charge in [-0.25, -0.2) is 0 Å². The number of aliphatic hydroxyl groups excluding tert-OH is 1. The van der Waals surface area contributed by atoms with Crippen LogP contribution < -0.4 is 0 Å². The van der Waals surface area contributed by atoms with Crippen LogP contribution in [-0.4, -0.2) is 11.7 Å². The molecule has 1 unspecified atom stereocenters. The van der Waals surface area contributed by atoms with Crippen LogP contribution in [0.4, 0.5) is 0 Å². The first kappa shape index (κ1) is 10.6. The summed E-state index contributed by atoms with van der Waals surface area (Å²) in [5, 5.41) is 12.4. The van der Waals surface area contributed by atoms with Gasteiger partial charge in [-0.2, -0.15) is 0 Å². The molecule has 0 bridgehead atoms. The minimum absolute atomic E-state index is 0.129. The van der Waals surface area contributed by atoms with Gasteiger partial charge in [0.05, 0.1) is 6.04 Å². The smallest absolute Gasteiger partial charge is 0.0626 e. The van der Waals surface area contributed by atoms with Gasteiger partial charge in [0.2, 0.25) is 0 Å². The summed E-state index contributed by atoms with van der Waals surface area (Å²) < 4.78 is 0. The maximum atomic E-state index is 8.70. The van der Waals surface area contributed by atoms with Crippen molar-refractivity contribution in [2.75, 3.05) is 6.61 Å². The van der Waals surface area contributed by atoms with Crippen molar-refractivity contribution in [3.8, 4) is 0 Å². The average molecular weight is 191 g/mol. The predicted octanol–water partition coefficient (Wildman–Crippen LogP) is 2.81. The Kier molecular flexibility index (Phi) is 4.55. The summed E-state index contributed by atoms with van der Waals surface area (Å²) >= 11 is 0. The Bertz CT molecular complexity index is 306. The van der Waals surface area contributed by atoms with Gasteiger partial charge in [0, 0.05) is 11.5 Å². The molecule has 4 nitrogen and oxygen atoms in total. The highest BCUT2D eigenvalue weighted by atomic mass is 16.2. The van der Waals surface area contributed by atoms with Crippen LogP contribution in [0.5, 0.6) is 0 Å². The number of azide groups is 1. The van der Waals surface area contributed by atoms with Crippen LogP contribution in [0.1, 0.15) is 24.4 Å². The SMILES string of the molecule is [N-]=[N+]=NC(CCCO)c1ccccc1. The van der Waals surface area contributed by atoms with Crippen molar-refractivity contribution in [1.82, 2.24) is 0 Å². The lowest BCUT2D eigenvalue weighted by Gasteiger charge is -2.09. The zero-order chi connectivity index (χ0) is 10.2. The molecule has 1 aromatic rings. The molecule has 0 spiro atoms. The first-order valence-corrected chi connectivity index (χ1v) is 4.58. The zero-order valence-corrected chi connectivity index (χ0v) is 7.87. The zero-order valence-electron chi connectivity index (χ0n) is 7.87. The highest BCUT2D eigenvalue weighted by molar-refractivity contribution is 5.18. The predicted molar refractivity (Wildman–Crippen MR) is 54.6 cm³/mol. The monoisotopic (exact) mass is 191 g/mol. The molecule has 1 atom stereocenters. The van der Waals surface area contributed by atoms with Gasteiger partial charge in [-0.15, -0.1) is 0 Å². The average Bonchev–Trinajstić information content (AvgIpc) is 2.25. The van der Waals surface area contributed by atoms with Crippen LogP contribution >= 0.6 is 0 Å². The third-order valence-electron chi connectivity index (χ3n) is 2.01. The summed E-state index contributed by atoms with van der Waals surface area (Å²) in [7, 11) is 0. The second kappa shape index (κ2) is 6.02. The molecule has 0 radical (unpaired) electrons. The molecule has 1 rings (SSSR count). The van der Waals surface area contributed by atoms with Crippen molar-refractivity contribution in [2.45, 2.75) is 18.9 Å². The van der Waals surface area contributed by atoms with Gasteiger partial charge in [0.15, 0.2) is 0 Å². The maximum absolute atomic E-state index is 8.70. The Labute approximate surface area is 82.8 Å². The Hall–Kier alpha value is -1.51.